The van der Waals surface area contributed by atoms with E-state index in [0.717, 1.165) is 40.7 Å². The summed E-state index contributed by atoms with van der Waals surface area (Å²) in [4.78, 5) is 9.59. The molecule has 5 heteroatoms. The molecule has 5 nitrogen and oxygen atoms in total. The second kappa shape index (κ2) is 10.8. The van der Waals surface area contributed by atoms with Crippen molar-refractivity contribution in [2.75, 3.05) is 16.5 Å². The van der Waals surface area contributed by atoms with Gasteiger partial charge in [0.2, 0.25) is 0 Å². The van der Waals surface area contributed by atoms with Crippen molar-refractivity contribution in [3.63, 3.8) is 0 Å². The fourth-order valence-corrected chi connectivity index (χ4v) is 6.41. The van der Waals surface area contributed by atoms with Crippen molar-refractivity contribution < 1.29 is 4.74 Å². The fourth-order valence-electron chi connectivity index (χ4n) is 6.41. The molecule has 1 aliphatic heterocycles. The Hall–Kier alpha value is -5.03. The Morgan fingerprint density at radius 2 is 1.42 bits per heavy atom. The minimum absolute atomic E-state index is 0.0209. The number of para-hydroxylation sites is 1. The maximum Gasteiger partial charge on any atom is 0.137 e. The van der Waals surface area contributed by atoms with Gasteiger partial charge in [0.05, 0.1) is 17.7 Å². The van der Waals surface area contributed by atoms with E-state index in [9.17, 15) is 0 Å². The number of allylic oxidation sites excluding steroid dienone is 2. The smallest absolute Gasteiger partial charge is 0.137 e. The van der Waals surface area contributed by atoms with Gasteiger partial charge < -0.3 is 14.5 Å². The Balaban J connectivity index is 1.24. The lowest BCUT2D eigenvalue weighted by Crippen LogP contribution is -2.27. The van der Waals surface area contributed by atoms with E-state index >= 15 is 0 Å². The van der Waals surface area contributed by atoms with Crippen LogP contribution in [-0.2, 0) is 5.41 Å². The number of nitrogens with zero attached hydrogens (tertiary/aromatic N) is 4. The summed E-state index contributed by atoms with van der Waals surface area (Å²) in [6.45, 7) is 16.2. The summed E-state index contributed by atoms with van der Waals surface area (Å²) in [5, 5.41) is 2.37. The minimum atomic E-state index is 0.0209. The van der Waals surface area contributed by atoms with Crippen LogP contribution in [0.2, 0.25) is 0 Å². The molecule has 0 radical (unpaired) electrons. The Labute approximate surface area is 266 Å². The summed E-state index contributed by atoms with van der Waals surface area (Å²) >= 11 is 0. The second-order valence-corrected chi connectivity index (χ2v) is 13.2. The van der Waals surface area contributed by atoms with Crippen LogP contribution in [-0.4, -0.2) is 16.2 Å². The molecule has 2 aromatic heterocycles. The molecule has 0 aliphatic carbocycles. The van der Waals surface area contributed by atoms with E-state index in [0.29, 0.717) is 0 Å². The number of benzene rings is 4. The highest BCUT2D eigenvalue weighted by molar-refractivity contribution is 6.09. The average molecular weight is 593 g/mol. The number of aryl methyl sites for hydroxylation is 2. The van der Waals surface area contributed by atoms with Gasteiger partial charge in [0.25, 0.3) is 0 Å². The molecule has 0 amide bonds. The van der Waals surface area contributed by atoms with E-state index in [4.69, 9.17) is 9.72 Å². The highest BCUT2D eigenvalue weighted by Gasteiger charge is 2.27. The summed E-state index contributed by atoms with van der Waals surface area (Å²) in [5.74, 6) is 2.50. The van der Waals surface area contributed by atoms with Gasteiger partial charge in [0, 0.05) is 51.9 Å². The average Bonchev–Trinajstić information content (AvgIpc) is 3.51. The number of aromatic nitrogens is 2. The molecule has 226 valence electrons. The first-order valence-corrected chi connectivity index (χ1v) is 15.7. The number of rotatable bonds is 5. The normalized spacial score (nSPS) is 13.8. The lowest BCUT2D eigenvalue weighted by molar-refractivity contribution is 0.483. The molecule has 0 spiro atoms. The molecular weight excluding hydrogens is 552 g/mol. The molecule has 0 unspecified atom stereocenters. The summed E-state index contributed by atoms with van der Waals surface area (Å²) < 4.78 is 8.83. The quantitative estimate of drug-likeness (QED) is 0.199. The molecule has 0 atom stereocenters. The molecule has 7 rings (SSSR count). The van der Waals surface area contributed by atoms with Crippen molar-refractivity contribution in [1.82, 2.24) is 9.55 Å². The van der Waals surface area contributed by atoms with Gasteiger partial charge in [-0.15, -0.1) is 0 Å². The maximum absolute atomic E-state index is 6.57. The number of fused-ring (bicyclic) bond motifs is 3. The molecule has 0 saturated carbocycles. The first-order chi connectivity index (χ1) is 21.6. The highest BCUT2D eigenvalue weighted by Crippen LogP contribution is 2.38. The van der Waals surface area contributed by atoms with E-state index in [1.807, 2.05) is 12.3 Å². The Morgan fingerprint density at radius 3 is 2.24 bits per heavy atom. The molecule has 0 bridgehead atoms. The third-order valence-electron chi connectivity index (χ3n) is 9.12. The maximum atomic E-state index is 6.57. The summed E-state index contributed by atoms with van der Waals surface area (Å²) in [5.41, 5.74) is 10.9. The summed E-state index contributed by atoms with van der Waals surface area (Å²) in [6, 6.07) is 34.3. The predicted molar refractivity (Wildman–Crippen MR) is 188 cm³/mol. The third kappa shape index (κ3) is 5.12. The molecule has 6 aromatic rings. The lowest BCUT2D eigenvalue weighted by Gasteiger charge is -2.25. The van der Waals surface area contributed by atoms with Crippen LogP contribution in [0.5, 0.6) is 11.5 Å². The first-order valence-electron chi connectivity index (χ1n) is 15.7. The zero-order valence-electron chi connectivity index (χ0n) is 27.2. The van der Waals surface area contributed by atoms with Gasteiger partial charge in [-0.1, -0.05) is 57.2 Å². The van der Waals surface area contributed by atoms with Crippen LogP contribution in [0.4, 0.5) is 11.4 Å². The Bertz CT molecular complexity index is 2110. The van der Waals surface area contributed by atoms with Crippen molar-refractivity contribution in [3.8, 4) is 17.3 Å². The Kier molecular flexibility index (Phi) is 6.92. The van der Waals surface area contributed by atoms with Crippen molar-refractivity contribution in [3.05, 3.63) is 131 Å². The number of anilines is 2. The topological polar surface area (TPSA) is 33.5 Å². The minimum Gasteiger partial charge on any atom is -0.457 e. The second-order valence-electron chi connectivity index (χ2n) is 13.2. The molecule has 0 fully saturated rings. The number of pyridine rings is 1. The van der Waals surface area contributed by atoms with Gasteiger partial charge >= 0.3 is 0 Å². The van der Waals surface area contributed by atoms with Crippen molar-refractivity contribution in [1.29, 1.82) is 0 Å². The molecule has 3 heterocycles. The van der Waals surface area contributed by atoms with Crippen molar-refractivity contribution in [2.24, 2.45) is 0 Å². The van der Waals surface area contributed by atoms with Crippen LogP contribution in [0, 0.1) is 13.8 Å². The van der Waals surface area contributed by atoms with Gasteiger partial charge in [-0.3, -0.25) is 4.57 Å². The first kappa shape index (κ1) is 28.7. The van der Waals surface area contributed by atoms with Crippen molar-refractivity contribution in [2.45, 2.75) is 53.9 Å². The number of ether oxygens (including phenoxy) is 1. The lowest BCUT2D eigenvalue weighted by atomic mass is 9.88. The largest absolute Gasteiger partial charge is 0.457 e. The molecule has 4 aromatic carbocycles. The number of hydrogen-bond donors (Lipinski definition) is 0. The zero-order valence-corrected chi connectivity index (χ0v) is 27.2. The molecular formula is C40H40N4O. The van der Waals surface area contributed by atoms with E-state index in [1.165, 1.54) is 44.5 Å². The van der Waals surface area contributed by atoms with Gasteiger partial charge in [-0.2, -0.15) is 0 Å². The van der Waals surface area contributed by atoms with Gasteiger partial charge in [0.1, 0.15) is 17.3 Å². The van der Waals surface area contributed by atoms with Gasteiger partial charge in [0.15, 0.2) is 0 Å². The van der Waals surface area contributed by atoms with Crippen LogP contribution in [0.3, 0.4) is 0 Å². The Morgan fingerprint density at radius 1 is 0.667 bits per heavy atom. The van der Waals surface area contributed by atoms with Crippen LogP contribution in [0.15, 0.2) is 115 Å². The zero-order chi connectivity index (χ0) is 31.5. The van der Waals surface area contributed by atoms with E-state index in [2.05, 4.69) is 154 Å². The van der Waals surface area contributed by atoms with Crippen LogP contribution in [0.1, 0.15) is 51.3 Å². The van der Waals surface area contributed by atoms with Crippen molar-refractivity contribution >= 4 is 33.2 Å². The fraction of sp³-hybridized carbons (Fsp3) is 0.225. The summed E-state index contributed by atoms with van der Waals surface area (Å²) in [6.07, 6.45) is 1.92. The molecule has 0 N–H and O–H groups in total. The van der Waals surface area contributed by atoms with Crippen LogP contribution < -0.4 is 14.5 Å². The standard InChI is InChI=1S/C40H40N4O/c1-26-15-16-27(2)37(21-26)43-25-42(28(3)29(43)4)31-11-10-12-32(23-31)45-33-17-18-35-34-13-8-9-14-36(34)44(38(35)24-33)39-22-30(19-20-41-39)40(5,6)7/h8-24H,25H2,1-7H3. The van der Waals surface area contributed by atoms with E-state index < -0.39 is 0 Å². The van der Waals surface area contributed by atoms with Crippen LogP contribution in [0.25, 0.3) is 27.6 Å². The number of hydrogen-bond acceptors (Lipinski definition) is 4. The highest BCUT2D eigenvalue weighted by atomic mass is 16.5. The van der Waals surface area contributed by atoms with E-state index in [-0.39, 0.29) is 5.41 Å². The molecule has 1 aliphatic rings. The summed E-state index contributed by atoms with van der Waals surface area (Å²) in [7, 11) is 0. The monoisotopic (exact) mass is 592 g/mol. The van der Waals surface area contributed by atoms with E-state index in [1.54, 1.807) is 0 Å². The molecule has 45 heavy (non-hydrogen) atoms. The molecule has 0 saturated heterocycles. The third-order valence-corrected chi connectivity index (χ3v) is 9.12. The van der Waals surface area contributed by atoms with Gasteiger partial charge in [-0.25, -0.2) is 4.98 Å². The van der Waals surface area contributed by atoms with Crippen LogP contribution >= 0.6 is 0 Å². The van der Waals surface area contributed by atoms with Gasteiger partial charge in [-0.05, 0) is 98.3 Å². The predicted octanol–water partition coefficient (Wildman–Crippen LogP) is 10.4. The SMILES string of the molecule is CC1=C(C)N(c2cc(C)ccc2C)CN1c1cccc(Oc2ccc3c4ccccc4n(-c4cc(C(C)(C)C)ccn4)c3c2)c1.